The first-order valence-corrected chi connectivity index (χ1v) is 11.3. The third-order valence-corrected chi connectivity index (χ3v) is 4.20. The summed E-state index contributed by atoms with van der Waals surface area (Å²) < 4.78 is 66.5. The van der Waals surface area contributed by atoms with E-state index in [1.807, 2.05) is 0 Å². The molecule has 3 atom stereocenters. The molecule has 0 aromatic heterocycles. The molecule has 0 radical (unpaired) electrons. The van der Waals surface area contributed by atoms with E-state index in [1.54, 1.807) is 13.0 Å². The average Bonchev–Trinajstić information content (AvgIpc) is 2.51. The third-order valence-electron chi connectivity index (χ3n) is 2.82. The predicted molar refractivity (Wildman–Crippen MR) is 79.7 cm³/mol. The van der Waals surface area contributed by atoms with Crippen molar-refractivity contribution in [2.75, 3.05) is 0 Å². The predicted octanol–water partition coefficient (Wildman–Crippen LogP) is 5.40. The molecule has 0 bridgehead atoms. The van der Waals surface area contributed by atoms with Crippen molar-refractivity contribution in [3.63, 3.8) is 0 Å². The van der Waals surface area contributed by atoms with Crippen LogP contribution in [-0.2, 0) is 17.0 Å². The second-order valence-corrected chi connectivity index (χ2v) is 8.27. The van der Waals surface area contributed by atoms with Gasteiger partial charge >= 0.3 is 35.6 Å². The van der Waals surface area contributed by atoms with Gasteiger partial charge in [-0.05, 0) is 27.6 Å². The molecule has 10 heteroatoms. The molecule has 2 rings (SSSR count). The maximum absolute atomic E-state index is 13.6. The fraction of sp³-hybridized carbons (Fsp3) is 0.231. The van der Waals surface area contributed by atoms with Crippen LogP contribution in [0.25, 0.3) is 0 Å². The van der Waals surface area contributed by atoms with Crippen LogP contribution < -0.4 is 5.30 Å². The molecule has 1 aliphatic rings. The van der Waals surface area contributed by atoms with Crippen LogP contribution in [0.3, 0.4) is 0 Å². The van der Waals surface area contributed by atoms with Crippen LogP contribution in [0.4, 0.5) is 22.0 Å². The molecule has 1 N–H and O–H groups in total. The molecule has 1 nitrogen and oxygen atoms in total. The van der Waals surface area contributed by atoms with Crippen molar-refractivity contribution < 1.29 is 44.1 Å². The van der Waals surface area contributed by atoms with Gasteiger partial charge in [-0.3, -0.25) is 0 Å². The third kappa shape index (κ3) is 5.17. The van der Waals surface area contributed by atoms with E-state index in [0.717, 1.165) is 0 Å². The molecule has 0 fully saturated rings. The monoisotopic (exact) mass is 426 g/mol. The standard InChI is InChI=1S/C13H10F5OP.2ClH.Ti/c1-5-2-3-6(19)7(4-5)20-13-11(17)9(15)8(14)10(16)12(13)18;;;/h2-4,8-9,19-20H,1H3;2*1H;/q;;;+2/p-2. The fourth-order valence-electron chi connectivity index (χ4n) is 1.74. The van der Waals surface area contributed by atoms with Crippen molar-refractivity contribution in [3.8, 4) is 5.75 Å². The van der Waals surface area contributed by atoms with Gasteiger partial charge in [-0.2, -0.15) is 0 Å². The zero-order valence-electron chi connectivity index (χ0n) is 11.5. The number of aromatic hydroxyl groups is 1. The van der Waals surface area contributed by atoms with Crippen molar-refractivity contribution in [2.24, 2.45) is 0 Å². The Morgan fingerprint density at radius 1 is 1.09 bits per heavy atom. The number of rotatable bonds is 2. The van der Waals surface area contributed by atoms with Crippen molar-refractivity contribution in [1.29, 1.82) is 0 Å². The van der Waals surface area contributed by atoms with E-state index in [0.29, 0.717) is 5.56 Å². The van der Waals surface area contributed by atoms with Crippen molar-refractivity contribution in [3.05, 3.63) is 46.6 Å². The molecular weight excluding hydrogens is 417 g/mol. The number of phenolic OH excluding ortho intramolecular Hbond substituents is 1. The van der Waals surface area contributed by atoms with E-state index in [-0.39, 0.29) is 11.1 Å². The number of aryl methyl sites for hydroxylation is 1. The minimum absolute atomic E-state index is 0.127. The normalized spacial score (nSPS) is 21.6. The summed E-state index contributed by atoms with van der Waals surface area (Å²) in [5.74, 6) is -5.60. The topological polar surface area (TPSA) is 20.2 Å². The number of benzene rings is 1. The Balaban J connectivity index is 0.000000816. The molecule has 1 aromatic rings. The number of alkyl halides is 2. The average molecular weight is 427 g/mol. The number of phenols is 1. The van der Waals surface area contributed by atoms with Crippen LogP contribution in [0.1, 0.15) is 5.56 Å². The van der Waals surface area contributed by atoms with E-state index in [1.165, 1.54) is 12.1 Å². The summed E-state index contributed by atoms with van der Waals surface area (Å²) in [5.41, 5.74) is 0.701. The molecule has 1 aliphatic carbocycles. The van der Waals surface area contributed by atoms with Gasteiger partial charge in [0.15, 0.2) is 24.0 Å². The van der Waals surface area contributed by atoms with Crippen LogP contribution in [0.5, 0.6) is 5.75 Å². The molecule has 0 heterocycles. The Labute approximate surface area is 148 Å². The number of allylic oxidation sites excluding steroid dienone is 4. The van der Waals surface area contributed by atoms with Crippen LogP contribution >= 0.6 is 27.2 Å². The first kappa shape index (κ1) is 20.9. The molecule has 0 spiro atoms. The van der Waals surface area contributed by atoms with E-state index < -0.39 is 60.8 Å². The minimum atomic E-state index is -2.96. The Kier molecular flexibility index (Phi) is 8.53. The fourth-order valence-corrected chi connectivity index (χ4v) is 3.01. The summed E-state index contributed by atoms with van der Waals surface area (Å²) in [6, 6.07) is 4.31. The Morgan fingerprint density at radius 3 is 2.17 bits per heavy atom. The first-order valence-electron chi connectivity index (χ1n) is 6.00. The molecule has 0 aliphatic heterocycles. The van der Waals surface area contributed by atoms with E-state index >= 15 is 0 Å². The van der Waals surface area contributed by atoms with E-state index in [4.69, 9.17) is 18.6 Å². The van der Waals surface area contributed by atoms with Gasteiger partial charge < -0.3 is 5.11 Å². The molecule has 3 unspecified atom stereocenters. The summed E-state index contributed by atoms with van der Waals surface area (Å²) >= 11 is -0.556. The van der Waals surface area contributed by atoms with Gasteiger partial charge in [0.05, 0.1) is 5.31 Å². The summed E-state index contributed by atoms with van der Waals surface area (Å²) in [7, 11) is 8.92. The molecule has 0 saturated carbocycles. The molecular formula is C13H10Cl2F5OPTi. The second-order valence-electron chi connectivity index (χ2n) is 4.41. The number of hydrogen-bond acceptors (Lipinski definition) is 1. The van der Waals surface area contributed by atoms with Crippen molar-refractivity contribution in [2.45, 2.75) is 19.3 Å². The molecule has 0 saturated heterocycles. The van der Waals surface area contributed by atoms with Crippen molar-refractivity contribution in [1.82, 2.24) is 0 Å². The Morgan fingerprint density at radius 2 is 1.61 bits per heavy atom. The van der Waals surface area contributed by atoms with Gasteiger partial charge in [-0.15, -0.1) is 0 Å². The van der Waals surface area contributed by atoms with Gasteiger partial charge in [0.1, 0.15) is 11.6 Å². The summed E-state index contributed by atoms with van der Waals surface area (Å²) in [5, 5.41) is 8.83. The molecule has 0 amide bonds. The van der Waals surface area contributed by atoms with E-state index in [9.17, 15) is 27.1 Å². The summed E-state index contributed by atoms with van der Waals surface area (Å²) in [6.45, 7) is 1.68. The van der Waals surface area contributed by atoms with Gasteiger partial charge in [0.2, 0.25) is 0 Å². The van der Waals surface area contributed by atoms with Gasteiger partial charge in [0.25, 0.3) is 0 Å². The quantitative estimate of drug-likeness (QED) is 0.381. The molecule has 126 valence electrons. The van der Waals surface area contributed by atoms with Crippen molar-refractivity contribution >= 4 is 32.5 Å². The Bertz CT molecular complexity index is 641. The zero-order valence-corrected chi connectivity index (χ0v) is 15.6. The zero-order chi connectivity index (χ0) is 17.7. The first-order chi connectivity index (χ1) is 10.7. The van der Waals surface area contributed by atoms with E-state index in [2.05, 4.69) is 0 Å². The van der Waals surface area contributed by atoms with Gasteiger partial charge in [-0.1, -0.05) is 11.6 Å². The number of hydrogen-bond donors (Lipinski definition) is 1. The Hall–Kier alpha value is -0.126. The number of halogens is 7. The summed E-state index contributed by atoms with van der Waals surface area (Å²) in [6.07, 6.45) is -5.82. The van der Waals surface area contributed by atoms with Crippen LogP contribution in [0.15, 0.2) is 41.0 Å². The molecule has 1 aromatic carbocycles. The van der Waals surface area contributed by atoms with Crippen LogP contribution in [-0.4, -0.2) is 17.4 Å². The maximum atomic E-state index is 13.6. The van der Waals surface area contributed by atoms with Gasteiger partial charge in [0, 0.05) is 5.30 Å². The van der Waals surface area contributed by atoms with Crippen LogP contribution in [0, 0.1) is 6.92 Å². The molecule has 23 heavy (non-hydrogen) atoms. The second kappa shape index (κ2) is 9.38. The SMILES string of the molecule is Cc1ccc(O)c(PC2=C(F)C(F)C(F)C(F)=C2F)c1.[Cl][Ti][Cl]. The van der Waals surface area contributed by atoms with Crippen LogP contribution in [0.2, 0.25) is 0 Å². The summed E-state index contributed by atoms with van der Waals surface area (Å²) in [4.78, 5) is 0. The van der Waals surface area contributed by atoms with Gasteiger partial charge in [-0.25, -0.2) is 22.0 Å².